The highest BCUT2D eigenvalue weighted by molar-refractivity contribution is 6.62. The van der Waals surface area contributed by atoms with Crippen LogP contribution >= 0.6 is 0 Å². The van der Waals surface area contributed by atoms with Crippen molar-refractivity contribution in [3.63, 3.8) is 0 Å². The third-order valence-corrected chi connectivity index (χ3v) is 6.17. The average molecular weight is 403 g/mol. The third-order valence-electron chi connectivity index (χ3n) is 6.17. The smallest absolute Gasteiger partial charge is 0.450 e. The Morgan fingerprint density at radius 1 is 1.24 bits per heavy atom. The Hall–Kier alpha value is -1.64. The second-order valence-electron chi connectivity index (χ2n) is 9.27. The maximum atomic E-state index is 11.5. The molecular weight excluding hydrogens is 369 g/mol. The number of nitrogens with zero attached hydrogens (tertiary/aromatic N) is 2. The van der Waals surface area contributed by atoms with Crippen LogP contribution in [0, 0.1) is 5.92 Å². The zero-order valence-corrected chi connectivity index (χ0v) is 18.5. The highest BCUT2D eigenvalue weighted by Gasteiger charge is 2.51. The summed E-state index contributed by atoms with van der Waals surface area (Å²) in [6.45, 7) is 14.0. The van der Waals surface area contributed by atoms with Crippen LogP contribution in [0.5, 0.6) is 0 Å². The summed E-state index contributed by atoms with van der Waals surface area (Å²) in [6.07, 6.45) is 3.83. The van der Waals surface area contributed by atoms with Gasteiger partial charge in [-0.15, -0.1) is 0 Å². The van der Waals surface area contributed by atoms with Gasteiger partial charge in [-0.2, -0.15) is 0 Å². The zero-order chi connectivity index (χ0) is 21.2. The summed E-state index contributed by atoms with van der Waals surface area (Å²) < 4.78 is 17.4. The van der Waals surface area contributed by atoms with Crippen molar-refractivity contribution in [3.05, 3.63) is 18.3 Å². The molecule has 160 valence electrons. The summed E-state index contributed by atoms with van der Waals surface area (Å²) in [4.78, 5) is 18.5. The van der Waals surface area contributed by atoms with Crippen LogP contribution in [-0.4, -0.2) is 55.1 Å². The topological polar surface area (TPSA) is 72.9 Å². The molecule has 0 spiro atoms. The van der Waals surface area contributed by atoms with Crippen molar-refractivity contribution < 1.29 is 18.8 Å². The van der Waals surface area contributed by atoms with E-state index in [4.69, 9.17) is 14.0 Å². The lowest BCUT2D eigenvalue weighted by Gasteiger charge is -2.33. The highest BCUT2D eigenvalue weighted by atomic mass is 16.7. The largest absolute Gasteiger partial charge is 0.496 e. The van der Waals surface area contributed by atoms with Crippen molar-refractivity contribution in [2.45, 2.75) is 71.6 Å². The molecule has 0 bridgehead atoms. The molecule has 29 heavy (non-hydrogen) atoms. The molecule has 0 atom stereocenters. The number of pyridine rings is 1. The minimum atomic E-state index is -0.384. The van der Waals surface area contributed by atoms with Crippen LogP contribution in [0.25, 0.3) is 0 Å². The van der Waals surface area contributed by atoms with E-state index in [1.165, 1.54) is 0 Å². The van der Waals surface area contributed by atoms with E-state index in [0.717, 1.165) is 37.2 Å². The highest BCUT2D eigenvalue weighted by Crippen LogP contribution is 2.36. The summed E-state index contributed by atoms with van der Waals surface area (Å²) in [5.41, 5.74) is 0.236. The normalized spacial score (nSPS) is 21.6. The molecule has 0 aromatic carbocycles. The molecule has 7 nitrogen and oxygen atoms in total. The fraction of sp³-hybridized carbons (Fsp3) is 0.714. The first-order valence-corrected chi connectivity index (χ1v) is 10.6. The first kappa shape index (κ1) is 22.1. The van der Waals surface area contributed by atoms with Crippen molar-refractivity contribution in [2.75, 3.05) is 24.7 Å². The van der Waals surface area contributed by atoms with Gasteiger partial charge in [-0.1, -0.05) is 19.9 Å². The van der Waals surface area contributed by atoms with E-state index in [-0.39, 0.29) is 36.9 Å². The lowest BCUT2D eigenvalue weighted by Crippen LogP contribution is -2.44. The van der Waals surface area contributed by atoms with Crippen molar-refractivity contribution in [1.82, 2.24) is 10.3 Å². The molecule has 1 N–H and O–H groups in total. The molecule has 1 aromatic heterocycles. The van der Waals surface area contributed by atoms with E-state index >= 15 is 0 Å². The monoisotopic (exact) mass is 403 g/mol. The van der Waals surface area contributed by atoms with Crippen molar-refractivity contribution in [3.8, 4) is 0 Å². The number of nitrogens with one attached hydrogen (secondary N) is 1. The van der Waals surface area contributed by atoms with Gasteiger partial charge in [0.15, 0.2) is 0 Å². The Morgan fingerprint density at radius 2 is 1.86 bits per heavy atom. The molecule has 0 aliphatic carbocycles. The number of esters is 1. The van der Waals surface area contributed by atoms with E-state index in [1.807, 2.05) is 32.2 Å². The number of piperidine rings is 1. The Morgan fingerprint density at radius 3 is 2.38 bits per heavy atom. The van der Waals surface area contributed by atoms with E-state index in [9.17, 15) is 4.79 Å². The van der Waals surface area contributed by atoms with Crippen LogP contribution in [0.1, 0.15) is 54.4 Å². The van der Waals surface area contributed by atoms with Gasteiger partial charge < -0.3 is 18.9 Å². The van der Waals surface area contributed by atoms with Crippen LogP contribution in [0.3, 0.4) is 0 Å². The number of ether oxygens (including phenoxy) is 1. The maximum absolute atomic E-state index is 11.5. The van der Waals surface area contributed by atoms with E-state index in [1.54, 1.807) is 0 Å². The number of rotatable bonds is 6. The van der Waals surface area contributed by atoms with Gasteiger partial charge in [-0.25, -0.2) is 4.98 Å². The fourth-order valence-electron chi connectivity index (χ4n) is 3.41. The quantitative estimate of drug-likeness (QED) is 0.443. The van der Waals surface area contributed by atoms with Crippen LogP contribution in [0.15, 0.2) is 18.3 Å². The number of hydrogen-bond acceptors (Lipinski definition) is 7. The molecule has 0 unspecified atom stereocenters. The SMILES string of the molecule is CC(C)C(=O)OCNC1CCN(c2ccc(B3OC(C)(C)C(C)(C)O3)cn2)CC1. The van der Waals surface area contributed by atoms with Crippen molar-refractivity contribution in [1.29, 1.82) is 0 Å². The Balaban J connectivity index is 1.48. The predicted octanol–water partition coefficient (Wildman–Crippen LogP) is 2.10. The standard InChI is InChI=1S/C21H34BN3O4/c1-15(2)19(26)27-14-24-17-9-11-25(12-10-17)18-8-7-16(13-23-18)22-28-20(3,4)21(5,6)29-22/h7-8,13,15,17,24H,9-12,14H2,1-6H3. The first-order chi connectivity index (χ1) is 13.6. The van der Waals surface area contributed by atoms with Crippen LogP contribution in [-0.2, 0) is 18.8 Å². The summed E-state index contributed by atoms with van der Waals surface area (Å²) >= 11 is 0. The summed E-state index contributed by atoms with van der Waals surface area (Å²) in [5, 5.41) is 3.32. The van der Waals surface area contributed by atoms with E-state index in [0.29, 0.717) is 6.04 Å². The van der Waals surface area contributed by atoms with Gasteiger partial charge in [-0.3, -0.25) is 10.1 Å². The molecule has 1 aromatic rings. The minimum Gasteiger partial charge on any atom is -0.450 e. The number of carbonyl (C=O) groups excluding carboxylic acids is 1. The first-order valence-electron chi connectivity index (χ1n) is 10.6. The molecule has 0 saturated carbocycles. The molecule has 3 rings (SSSR count). The molecule has 2 saturated heterocycles. The Labute approximate surface area is 174 Å². The predicted molar refractivity (Wildman–Crippen MR) is 114 cm³/mol. The third kappa shape index (κ3) is 5.11. The molecule has 2 fully saturated rings. The lowest BCUT2D eigenvalue weighted by atomic mass is 9.80. The van der Waals surface area contributed by atoms with Gasteiger partial charge >= 0.3 is 13.1 Å². The number of hydrogen-bond donors (Lipinski definition) is 1. The van der Waals surface area contributed by atoms with Gasteiger partial charge in [0.05, 0.1) is 17.1 Å². The van der Waals surface area contributed by atoms with Gasteiger partial charge in [0.1, 0.15) is 12.5 Å². The second kappa shape index (κ2) is 8.62. The summed E-state index contributed by atoms with van der Waals surface area (Å²) in [6, 6.07) is 4.44. The van der Waals surface area contributed by atoms with Gasteiger partial charge in [0.25, 0.3) is 0 Å². The molecule has 0 amide bonds. The van der Waals surface area contributed by atoms with Crippen LogP contribution in [0.4, 0.5) is 5.82 Å². The Kier molecular flexibility index (Phi) is 6.56. The number of anilines is 1. The number of aromatic nitrogens is 1. The average Bonchev–Trinajstić information content (AvgIpc) is 2.89. The summed E-state index contributed by atoms with van der Waals surface area (Å²) in [7, 11) is -0.384. The van der Waals surface area contributed by atoms with E-state index in [2.05, 4.69) is 42.9 Å². The minimum absolute atomic E-state index is 0.0927. The molecule has 8 heteroatoms. The van der Waals surface area contributed by atoms with Crippen molar-refractivity contribution >= 4 is 24.4 Å². The fourth-order valence-corrected chi connectivity index (χ4v) is 3.41. The summed E-state index contributed by atoms with van der Waals surface area (Å²) in [5.74, 6) is 0.709. The van der Waals surface area contributed by atoms with Crippen molar-refractivity contribution in [2.24, 2.45) is 5.92 Å². The molecule has 2 aliphatic rings. The van der Waals surface area contributed by atoms with Crippen LogP contribution in [0.2, 0.25) is 0 Å². The number of carbonyl (C=O) groups is 1. The molecule has 0 radical (unpaired) electrons. The second-order valence-corrected chi connectivity index (χ2v) is 9.27. The van der Waals surface area contributed by atoms with E-state index < -0.39 is 0 Å². The van der Waals surface area contributed by atoms with Gasteiger partial charge in [0, 0.05) is 30.8 Å². The Bertz CT molecular complexity index is 684. The lowest BCUT2D eigenvalue weighted by molar-refractivity contribution is -0.148. The van der Waals surface area contributed by atoms with Gasteiger partial charge in [-0.05, 0) is 46.6 Å². The van der Waals surface area contributed by atoms with Crippen LogP contribution < -0.4 is 15.7 Å². The molecule has 2 aliphatic heterocycles. The molecule has 3 heterocycles. The van der Waals surface area contributed by atoms with Gasteiger partial charge in [0.2, 0.25) is 0 Å². The maximum Gasteiger partial charge on any atom is 0.496 e. The zero-order valence-electron chi connectivity index (χ0n) is 18.5. The molecular formula is C21H34BN3O4.